The number of esters is 1. The molecular formula is C34H41N3O13. The van der Waals surface area contributed by atoms with Crippen LogP contribution in [0, 0.1) is 0 Å². The summed E-state index contributed by atoms with van der Waals surface area (Å²) in [4.78, 5) is 28.4. The van der Waals surface area contributed by atoms with Gasteiger partial charge in [-0.1, -0.05) is 31.2 Å². The molecule has 1 heterocycles. The number of aromatic hydroxyl groups is 1. The van der Waals surface area contributed by atoms with Gasteiger partial charge < -0.3 is 65.0 Å². The van der Waals surface area contributed by atoms with Crippen molar-refractivity contribution in [3.63, 3.8) is 0 Å². The van der Waals surface area contributed by atoms with Crippen molar-refractivity contribution >= 4 is 17.9 Å². The number of nitrogens with zero attached hydrogens (tertiary/aromatic N) is 1. The molecule has 3 aromatic carbocycles. The molecule has 0 radical (unpaired) electrons. The van der Waals surface area contributed by atoms with Crippen LogP contribution in [0.15, 0.2) is 59.6 Å². The Morgan fingerprint density at radius 2 is 1.64 bits per heavy atom. The van der Waals surface area contributed by atoms with Gasteiger partial charge in [0.15, 0.2) is 35.7 Å². The molecule has 8 N–H and O–H groups in total. The summed E-state index contributed by atoms with van der Waals surface area (Å²) in [5.41, 5.74) is 7.62. The predicted molar refractivity (Wildman–Crippen MR) is 177 cm³/mol. The molecule has 5 unspecified atom stereocenters. The molecule has 1 saturated heterocycles. The number of nitrogens with one attached hydrogen (secondary N) is 1. The molecule has 16 nitrogen and oxygen atoms in total. The highest BCUT2D eigenvalue weighted by molar-refractivity contribution is 5.91. The van der Waals surface area contributed by atoms with E-state index >= 15 is 0 Å². The first-order chi connectivity index (χ1) is 23.9. The lowest BCUT2D eigenvalue weighted by atomic mass is 9.99. The quantitative estimate of drug-likeness (QED) is 0.0510. The van der Waals surface area contributed by atoms with Gasteiger partial charge in [-0.25, -0.2) is 9.59 Å². The highest BCUT2D eigenvalue weighted by atomic mass is 16.7. The fraction of sp³-hybridized carbons (Fsp3) is 0.382. The van der Waals surface area contributed by atoms with Crippen LogP contribution in [0.25, 0.3) is 0 Å². The van der Waals surface area contributed by atoms with Crippen molar-refractivity contribution in [2.45, 2.75) is 50.5 Å². The average Bonchev–Trinajstić information content (AvgIpc) is 3.12. The first-order valence-corrected chi connectivity index (χ1v) is 15.6. The van der Waals surface area contributed by atoms with Crippen molar-refractivity contribution in [2.75, 3.05) is 34.1 Å². The Balaban J connectivity index is 1.44. The van der Waals surface area contributed by atoms with Gasteiger partial charge in [-0.2, -0.15) is 0 Å². The normalized spacial score (nSPS) is 20.4. The number of aliphatic hydroxyl groups excluding tert-OH is 3. The summed E-state index contributed by atoms with van der Waals surface area (Å²) in [6, 6.07) is 14.2. The number of phenols is 1. The number of ether oxygens (including phenoxy) is 6. The summed E-state index contributed by atoms with van der Waals surface area (Å²) in [5.74, 6) is -2.66. The number of rotatable bonds is 15. The average molecular weight is 700 g/mol. The second-order valence-corrected chi connectivity index (χ2v) is 11.1. The molecule has 5 atom stereocenters. The number of nitrogens with two attached hydrogens (primary N) is 1. The van der Waals surface area contributed by atoms with Gasteiger partial charge in [0.25, 0.3) is 0 Å². The molecule has 16 heteroatoms. The Hall–Kier alpha value is -5.29. The van der Waals surface area contributed by atoms with Crippen LogP contribution in [0.2, 0.25) is 0 Å². The highest BCUT2D eigenvalue weighted by Crippen LogP contribution is 2.38. The zero-order valence-electron chi connectivity index (χ0n) is 27.6. The SMILES string of the molecule is CCc1cccc(CCOc2cc(C(=O)OCC3OC(Oc4ccc(C(=O)O)cc4OCNC(N)=NC)C(O)C(O)C3O)cc(OC)c2O)c1. The molecule has 0 saturated carbocycles. The van der Waals surface area contributed by atoms with Gasteiger partial charge in [0.2, 0.25) is 12.0 Å². The summed E-state index contributed by atoms with van der Waals surface area (Å²) in [6.45, 7) is 1.41. The van der Waals surface area contributed by atoms with Crippen molar-refractivity contribution in [3.8, 4) is 28.7 Å². The zero-order valence-corrected chi connectivity index (χ0v) is 27.6. The lowest BCUT2D eigenvalue weighted by molar-refractivity contribution is -0.277. The van der Waals surface area contributed by atoms with E-state index in [1.807, 2.05) is 18.2 Å². The number of aromatic carboxylic acids is 1. The number of hydrogen-bond acceptors (Lipinski definition) is 13. The van der Waals surface area contributed by atoms with Crippen LogP contribution in [0.3, 0.4) is 0 Å². The Morgan fingerprint density at radius 3 is 2.34 bits per heavy atom. The maximum absolute atomic E-state index is 13.1. The maximum atomic E-state index is 13.1. The molecule has 0 amide bonds. The third-order valence-corrected chi connectivity index (χ3v) is 7.75. The minimum Gasteiger partial charge on any atom is -0.502 e. The zero-order chi connectivity index (χ0) is 36.4. The number of aliphatic hydroxyl groups is 3. The molecule has 0 bridgehead atoms. The maximum Gasteiger partial charge on any atom is 0.338 e. The molecule has 3 aromatic rings. The van der Waals surface area contributed by atoms with Crippen molar-refractivity contribution in [1.29, 1.82) is 0 Å². The van der Waals surface area contributed by atoms with E-state index < -0.39 is 49.3 Å². The molecule has 0 spiro atoms. The Labute approximate surface area is 287 Å². The van der Waals surface area contributed by atoms with Gasteiger partial charge >= 0.3 is 11.9 Å². The van der Waals surface area contributed by atoms with Crippen molar-refractivity contribution in [1.82, 2.24) is 5.32 Å². The third kappa shape index (κ3) is 9.44. The van der Waals surface area contributed by atoms with E-state index in [9.17, 15) is 35.1 Å². The van der Waals surface area contributed by atoms with E-state index in [0.29, 0.717) is 6.42 Å². The minimum absolute atomic E-state index is 0.0179. The number of aryl methyl sites for hydroxylation is 1. The molecule has 50 heavy (non-hydrogen) atoms. The van der Waals surface area contributed by atoms with Gasteiger partial charge in [-0.05, 0) is 47.9 Å². The van der Waals surface area contributed by atoms with Crippen molar-refractivity contribution in [3.05, 3.63) is 76.9 Å². The van der Waals surface area contributed by atoms with E-state index in [0.717, 1.165) is 18.1 Å². The van der Waals surface area contributed by atoms with Crippen molar-refractivity contribution in [2.24, 2.45) is 10.7 Å². The molecule has 4 rings (SSSR count). The summed E-state index contributed by atoms with van der Waals surface area (Å²) in [5, 5.41) is 54.5. The minimum atomic E-state index is -1.80. The molecular weight excluding hydrogens is 658 g/mol. The number of guanidine groups is 1. The number of carbonyl (C=O) groups excluding carboxylic acids is 1. The van der Waals surface area contributed by atoms with Crippen LogP contribution in [-0.4, -0.2) is 108 Å². The number of carboxylic acid groups (broad SMARTS) is 1. The van der Waals surface area contributed by atoms with Crippen molar-refractivity contribution < 1.29 is 63.5 Å². The monoisotopic (exact) mass is 699 g/mol. The van der Waals surface area contributed by atoms with Gasteiger partial charge in [0.05, 0.1) is 24.8 Å². The number of benzene rings is 3. The first kappa shape index (κ1) is 37.5. The number of carboxylic acids is 1. The van der Waals surface area contributed by atoms with Gasteiger partial charge in [-0.15, -0.1) is 0 Å². The first-order valence-electron chi connectivity index (χ1n) is 15.6. The van der Waals surface area contributed by atoms with Crippen LogP contribution in [-0.2, 0) is 22.3 Å². The topological polar surface area (TPSA) is 241 Å². The fourth-order valence-corrected chi connectivity index (χ4v) is 4.89. The second-order valence-electron chi connectivity index (χ2n) is 11.1. The highest BCUT2D eigenvalue weighted by Gasteiger charge is 2.46. The molecule has 0 aromatic heterocycles. The van der Waals surface area contributed by atoms with Crippen LogP contribution in [0.5, 0.6) is 28.7 Å². The largest absolute Gasteiger partial charge is 0.502 e. The van der Waals surface area contributed by atoms with E-state index in [1.165, 1.54) is 44.0 Å². The number of phenolic OH excluding ortho intramolecular Hbond substituents is 1. The number of aliphatic imine (C=N–C) groups is 1. The molecule has 270 valence electrons. The van der Waals surface area contributed by atoms with Crippen LogP contribution < -0.4 is 30.0 Å². The van der Waals surface area contributed by atoms with Gasteiger partial charge in [-0.3, -0.25) is 4.99 Å². The van der Waals surface area contributed by atoms with Crippen LogP contribution >= 0.6 is 0 Å². The van der Waals surface area contributed by atoms with Crippen LogP contribution in [0.4, 0.5) is 0 Å². The van der Waals surface area contributed by atoms with E-state index in [4.69, 9.17) is 34.2 Å². The fourth-order valence-electron chi connectivity index (χ4n) is 4.89. The summed E-state index contributed by atoms with van der Waals surface area (Å²) in [7, 11) is 2.75. The standard InChI is InChI=1S/C34H41N3O13/c1-4-18-6-5-7-19(12-18)10-11-46-25-15-21(14-24(45-3)27(25)38)32(44)47-16-26-28(39)29(40)30(41)33(50-26)49-22-9-8-20(31(42)43)13-23(22)48-17-37-34(35)36-2/h5-9,12-15,26,28-30,33,38-41H,4,10-11,16-17H2,1-3H3,(H,42,43)(H3,35,36,37). The Morgan fingerprint density at radius 1 is 0.920 bits per heavy atom. The third-order valence-electron chi connectivity index (χ3n) is 7.75. The smallest absolute Gasteiger partial charge is 0.338 e. The van der Waals surface area contributed by atoms with Crippen LogP contribution in [0.1, 0.15) is 38.8 Å². The van der Waals surface area contributed by atoms with E-state index in [2.05, 4.69) is 23.3 Å². The van der Waals surface area contributed by atoms with Gasteiger partial charge in [0.1, 0.15) is 31.0 Å². The summed E-state index contributed by atoms with van der Waals surface area (Å²) >= 11 is 0. The summed E-state index contributed by atoms with van der Waals surface area (Å²) < 4.78 is 33.4. The van der Waals surface area contributed by atoms with E-state index in [1.54, 1.807) is 0 Å². The second kappa shape index (κ2) is 17.4. The van der Waals surface area contributed by atoms with Gasteiger partial charge in [0, 0.05) is 13.5 Å². The lowest BCUT2D eigenvalue weighted by Gasteiger charge is -2.40. The predicted octanol–water partition coefficient (Wildman–Crippen LogP) is 1.20. The Bertz CT molecular complexity index is 1670. The lowest BCUT2D eigenvalue weighted by Crippen LogP contribution is -2.60. The Kier molecular flexibility index (Phi) is 13.1. The number of methoxy groups -OCH3 is 1. The molecule has 1 aliphatic rings. The molecule has 0 aliphatic carbocycles. The number of carbonyl (C=O) groups is 2. The van der Waals surface area contributed by atoms with E-state index in [-0.39, 0.29) is 59.2 Å². The summed E-state index contributed by atoms with van der Waals surface area (Å²) in [6.07, 6.45) is -6.88. The molecule has 1 fully saturated rings. The molecule has 1 aliphatic heterocycles. The number of hydrogen-bond donors (Lipinski definition) is 7.